The molecular formula is C49H78N4O14S. The second kappa shape index (κ2) is 22.3. The largest absolute Gasteiger partial charge is 0.458 e. The number of pyridine rings is 1. The summed E-state index contributed by atoms with van der Waals surface area (Å²) in [6, 6.07) is 3.39. The van der Waals surface area contributed by atoms with Crippen LogP contribution in [0.25, 0.3) is 11.2 Å². The van der Waals surface area contributed by atoms with E-state index in [1.54, 1.807) is 51.9 Å². The van der Waals surface area contributed by atoms with Crippen molar-refractivity contribution in [1.29, 1.82) is 0 Å². The number of hydrogen-bond donors (Lipinski definition) is 2. The number of aromatic nitrogens is 3. The van der Waals surface area contributed by atoms with Gasteiger partial charge in [0.05, 0.1) is 54.5 Å². The van der Waals surface area contributed by atoms with Crippen molar-refractivity contribution in [2.75, 3.05) is 40.7 Å². The average Bonchev–Trinajstić information content (AvgIpc) is 3.83. The SMILES string of the molecule is CC[C@H]1OC(=O)[C@H](C)[C@@H](O[C@H]2C[C@@](C)(OC)[C@@H](O)[C@@H](C)O2)[C@H](C)[C@@H](O[C@@H]2O[C@H](C)C[C@H](N(C)C)[C@H]2O)[C@](C)(OC)C[C@@H](C)C(=O)C(C)C2C(SCCOCn3cnc4cccnc43)C(=O)O[C@@]21C. The Kier molecular flexibility index (Phi) is 17.9. The molecular weight excluding hydrogens is 901 g/mol. The predicted molar refractivity (Wildman–Crippen MR) is 252 cm³/mol. The number of Topliss-reactive ketones (excluding diaryl/α,β-unsaturated/α-hetero) is 1. The van der Waals surface area contributed by atoms with Gasteiger partial charge in [-0.15, -0.1) is 11.8 Å². The minimum absolute atomic E-state index is 0.123. The van der Waals surface area contributed by atoms with E-state index < -0.39 is 113 Å². The fourth-order valence-electron chi connectivity index (χ4n) is 11.3. The Morgan fingerprint density at radius 1 is 0.926 bits per heavy atom. The van der Waals surface area contributed by atoms with Gasteiger partial charge < -0.3 is 57.7 Å². The van der Waals surface area contributed by atoms with Gasteiger partial charge in [-0.05, 0) is 87.0 Å². The monoisotopic (exact) mass is 979 g/mol. The number of rotatable bonds is 14. The van der Waals surface area contributed by atoms with Crippen LogP contribution < -0.4 is 0 Å². The minimum atomic E-state index is -1.40. The number of carbonyl (C=O) groups is 3. The molecule has 2 aromatic rings. The molecule has 3 unspecified atom stereocenters. The molecule has 4 saturated heterocycles. The molecule has 0 radical (unpaired) electrons. The van der Waals surface area contributed by atoms with Gasteiger partial charge >= 0.3 is 11.9 Å². The maximum Gasteiger partial charge on any atom is 0.320 e. The number of ketones is 1. The Morgan fingerprint density at radius 3 is 2.29 bits per heavy atom. The van der Waals surface area contributed by atoms with Crippen LogP contribution in [0.5, 0.6) is 0 Å². The van der Waals surface area contributed by atoms with Gasteiger partial charge in [0.25, 0.3) is 0 Å². The normalized spacial score (nSPS) is 42.2. The number of carbonyl (C=O) groups excluding carboxylic acids is 3. The van der Waals surface area contributed by atoms with Crippen LogP contribution in [0.4, 0.5) is 0 Å². The Labute approximate surface area is 406 Å². The fraction of sp³-hybridized carbons (Fsp3) is 0.816. The molecule has 2 N–H and O–H groups in total. The topological polar surface area (TPSA) is 209 Å². The first-order chi connectivity index (χ1) is 32.0. The lowest BCUT2D eigenvalue weighted by atomic mass is 9.70. The average molecular weight is 979 g/mol. The van der Waals surface area contributed by atoms with Crippen LogP contribution in [0.1, 0.15) is 94.9 Å². The number of aliphatic hydroxyl groups excluding tert-OH is 2. The third-order valence-corrected chi connectivity index (χ3v) is 16.6. The van der Waals surface area contributed by atoms with E-state index in [0.29, 0.717) is 17.8 Å². The minimum Gasteiger partial charge on any atom is -0.458 e. The maximum atomic E-state index is 15.1. The zero-order chi connectivity index (χ0) is 50.0. The Morgan fingerprint density at radius 2 is 1.63 bits per heavy atom. The van der Waals surface area contributed by atoms with Crippen molar-refractivity contribution in [3.05, 3.63) is 24.7 Å². The number of fused-ring (bicyclic) bond motifs is 2. The number of thioether (sulfide) groups is 1. The molecule has 68 heavy (non-hydrogen) atoms. The van der Waals surface area contributed by atoms with E-state index in [2.05, 4.69) is 9.97 Å². The van der Waals surface area contributed by atoms with Gasteiger partial charge in [-0.3, -0.25) is 19.0 Å². The lowest BCUT2D eigenvalue weighted by Crippen LogP contribution is -2.61. The third-order valence-electron chi connectivity index (χ3n) is 15.4. The van der Waals surface area contributed by atoms with Crippen LogP contribution >= 0.6 is 11.8 Å². The molecule has 0 amide bonds. The predicted octanol–water partition coefficient (Wildman–Crippen LogP) is 4.78. The highest BCUT2D eigenvalue weighted by atomic mass is 32.2. The summed E-state index contributed by atoms with van der Waals surface area (Å²) in [6.07, 6.45) is -3.57. The molecule has 19 atom stereocenters. The lowest BCUT2D eigenvalue weighted by molar-refractivity contribution is -0.319. The van der Waals surface area contributed by atoms with Crippen molar-refractivity contribution in [3.63, 3.8) is 0 Å². The molecule has 0 aliphatic carbocycles. The molecule has 6 rings (SSSR count). The van der Waals surface area contributed by atoms with Gasteiger partial charge in [0.1, 0.15) is 41.6 Å². The summed E-state index contributed by atoms with van der Waals surface area (Å²) in [5.74, 6) is -4.71. The molecule has 0 bridgehead atoms. The zero-order valence-corrected chi connectivity index (χ0v) is 43.3. The molecule has 384 valence electrons. The first kappa shape index (κ1) is 54.5. The van der Waals surface area contributed by atoms with Gasteiger partial charge in [-0.25, -0.2) is 9.97 Å². The van der Waals surface area contributed by atoms with Gasteiger partial charge in [-0.1, -0.05) is 27.7 Å². The van der Waals surface area contributed by atoms with E-state index in [0.717, 1.165) is 5.52 Å². The number of nitrogens with zero attached hydrogens (tertiary/aromatic N) is 4. The van der Waals surface area contributed by atoms with Crippen LogP contribution in [-0.4, -0.2) is 171 Å². The van der Waals surface area contributed by atoms with Crippen molar-refractivity contribution in [2.45, 2.75) is 185 Å². The Bertz CT molecular complexity index is 2030. The standard InChI is InChI=1S/C49H78N4O14S/c1-15-34-49(10)36(40(45(58)67-49)68-20-19-61-25-53-24-51-32-17-16-18-50-43(32)53)28(4)37(54)26(2)22-48(9,60-14)42(66-46-38(55)33(52(11)12)21-27(3)62-46)29(5)39(30(6)44(57)64-34)65-35-23-47(8,59-13)41(56)31(7)63-35/h16-18,24,26-31,33-36,38-42,46,55-56H,15,19-23,25H2,1-14H3/t26-,27-,28?,29+,30-,31-,33+,34-,35+,36?,38-,39+,40?,41+,42-,46+,47-,48-,49-/m1/s1. The molecule has 18 nitrogen and oxygen atoms in total. The van der Waals surface area contributed by atoms with Crippen molar-refractivity contribution >= 4 is 40.6 Å². The van der Waals surface area contributed by atoms with Crippen LogP contribution in [0, 0.1) is 29.6 Å². The summed E-state index contributed by atoms with van der Waals surface area (Å²) in [7, 11) is 6.86. The highest BCUT2D eigenvalue weighted by Crippen LogP contribution is 2.49. The second-order valence-corrected chi connectivity index (χ2v) is 21.7. The Hall–Kier alpha value is -2.82. The molecule has 6 heterocycles. The molecule has 0 aromatic carbocycles. The number of likely N-dealkylation sites (N-methyl/N-ethyl adjacent to an activating group) is 1. The van der Waals surface area contributed by atoms with Gasteiger partial charge in [0.2, 0.25) is 0 Å². The van der Waals surface area contributed by atoms with Gasteiger partial charge in [0.15, 0.2) is 23.8 Å². The fourth-order valence-corrected chi connectivity index (χ4v) is 12.7. The molecule has 19 heteroatoms. The summed E-state index contributed by atoms with van der Waals surface area (Å²) in [5, 5.41) is 22.1. The summed E-state index contributed by atoms with van der Waals surface area (Å²) in [4.78, 5) is 54.9. The first-order valence-electron chi connectivity index (χ1n) is 24.2. The molecule has 0 saturated carbocycles. The van der Waals surface area contributed by atoms with E-state index >= 15 is 4.79 Å². The van der Waals surface area contributed by atoms with Crippen LogP contribution in [-0.2, 0) is 63.7 Å². The number of cyclic esters (lactones) is 1. The third kappa shape index (κ3) is 11.1. The molecule has 4 fully saturated rings. The molecule has 0 spiro atoms. The van der Waals surface area contributed by atoms with Gasteiger partial charge in [-0.2, -0.15) is 0 Å². The smallest absolute Gasteiger partial charge is 0.320 e. The van der Waals surface area contributed by atoms with Crippen LogP contribution in [0.3, 0.4) is 0 Å². The maximum absolute atomic E-state index is 15.1. The van der Waals surface area contributed by atoms with Gasteiger partial charge in [0, 0.05) is 62.3 Å². The summed E-state index contributed by atoms with van der Waals surface area (Å²) in [6.45, 7) is 18.7. The lowest BCUT2D eigenvalue weighted by Gasteiger charge is -2.50. The summed E-state index contributed by atoms with van der Waals surface area (Å²) in [5.41, 5.74) is -2.27. The highest BCUT2D eigenvalue weighted by molar-refractivity contribution is 8.00. The zero-order valence-electron chi connectivity index (χ0n) is 42.5. The van der Waals surface area contributed by atoms with E-state index in [-0.39, 0.29) is 50.5 Å². The van der Waals surface area contributed by atoms with Crippen molar-refractivity contribution in [2.24, 2.45) is 29.6 Å². The summed E-state index contributed by atoms with van der Waals surface area (Å²) >= 11 is 1.35. The van der Waals surface area contributed by atoms with E-state index in [9.17, 15) is 19.8 Å². The van der Waals surface area contributed by atoms with Crippen LogP contribution in [0.15, 0.2) is 24.7 Å². The van der Waals surface area contributed by atoms with Crippen LogP contribution in [0.2, 0.25) is 0 Å². The number of esters is 2. The first-order valence-corrected chi connectivity index (χ1v) is 25.3. The molecule has 2 aromatic heterocycles. The molecule has 4 aliphatic heterocycles. The van der Waals surface area contributed by atoms with Crippen molar-refractivity contribution < 1.29 is 67.2 Å². The number of aliphatic hydroxyl groups is 2. The second-order valence-electron chi connectivity index (χ2n) is 20.5. The Balaban J connectivity index is 1.37. The highest BCUT2D eigenvalue weighted by Gasteiger charge is 2.62. The number of ether oxygens (including phenoxy) is 9. The number of imidazole rings is 1. The van der Waals surface area contributed by atoms with E-state index in [4.69, 9.17) is 42.6 Å². The number of hydrogen-bond acceptors (Lipinski definition) is 18. The van der Waals surface area contributed by atoms with Crippen molar-refractivity contribution in [3.8, 4) is 0 Å². The number of methoxy groups -OCH3 is 2. The van der Waals surface area contributed by atoms with E-state index in [1.165, 1.54) is 18.9 Å². The van der Waals surface area contributed by atoms with E-state index in [1.807, 2.05) is 72.7 Å². The van der Waals surface area contributed by atoms with Crippen molar-refractivity contribution in [1.82, 2.24) is 19.4 Å². The molecule has 4 aliphatic rings. The quantitative estimate of drug-likeness (QED) is 0.193. The summed E-state index contributed by atoms with van der Waals surface area (Å²) < 4.78 is 59.5.